The summed E-state index contributed by atoms with van der Waals surface area (Å²) in [6.45, 7) is 3.70. The van der Waals surface area contributed by atoms with Crippen molar-refractivity contribution in [3.63, 3.8) is 0 Å². The molecule has 0 atom stereocenters. The molecule has 4 heteroatoms. The second-order valence-corrected chi connectivity index (χ2v) is 6.11. The van der Waals surface area contributed by atoms with Crippen LogP contribution in [0.5, 0.6) is 0 Å². The molecular weight excluding hydrogens is 330 g/mol. The minimum absolute atomic E-state index is 0.323. The lowest BCUT2D eigenvalue weighted by Gasteiger charge is -2.17. The van der Waals surface area contributed by atoms with Crippen LogP contribution in [-0.4, -0.2) is 23.0 Å². The molecule has 0 bridgehead atoms. The number of carbonyl (C=O) groups is 1. The summed E-state index contributed by atoms with van der Waals surface area (Å²) in [4.78, 5) is 13.0. The van der Waals surface area contributed by atoms with Gasteiger partial charge in [0, 0.05) is 17.6 Å². The average molecular weight is 348 g/mol. The molecule has 2 aromatic carbocycles. The van der Waals surface area contributed by atoms with Crippen LogP contribution >= 0.6 is 15.9 Å². The second kappa shape index (κ2) is 6.87. The van der Waals surface area contributed by atoms with Gasteiger partial charge in [0.25, 0.3) is 0 Å². The molecule has 110 valence electrons. The number of benzene rings is 2. The average Bonchev–Trinajstić information content (AvgIpc) is 2.43. The molecule has 1 N–H and O–H groups in total. The molecule has 0 spiro atoms. The third kappa shape index (κ3) is 4.41. The molecule has 0 unspecified atom stereocenters. The van der Waals surface area contributed by atoms with E-state index in [4.69, 9.17) is 5.11 Å². The summed E-state index contributed by atoms with van der Waals surface area (Å²) in [5.41, 5.74) is 3.90. The quantitative estimate of drug-likeness (QED) is 0.885. The van der Waals surface area contributed by atoms with Gasteiger partial charge >= 0.3 is 5.97 Å². The van der Waals surface area contributed by atoms with Crippen molar-refractivity contribution in [3.05, 3.63) is 69.2 Å². The maximum atomic E-state index is 10.8. The van der Waals surface area contributed by atoms with Crippen molar-refractivity contribution in [1.82, 2.24) is 4.90 Å². The molecule has 3 nitrogen and oxygen atoms in total. The summed E-state index contributed by atoms with van der Waals surface area (Å²) in [7, 11) is 2.05. The van der Waals surface area contributed by atoms with E-state index in [9.17, 15) is 4.79 Å². The highest BCUT2D eigenvalue weighted by Crippen LogP contribution is 2.19. The Labute approximate surface area is 133 Å². The van der Waals surface area contributed by atoms with E-state index in [1.165, 1.54) is 11.1 Å². The fourth-order valence-corrected chi connectivity index (χ4v) is 2.59. The van der Waals surface area contributed by atoms with Crippen LogP contribution in [0, 0.1) is 6.92 Å². The predicted molar refractivity (Wildman–Crippen MR) is 87.5 cm³/mol. The minimum Gasteiger partial charge on any atom is -0.478 e. The molecule has 0 fully saturated rings. The molecule has 0 saturated carbocycles. The van der Waals surface area contributed by atoms with Gasteiger partial charge in [-0.3, -0.25) is 4.90 Å². The van der Waals surface area contributed by atoms with Gasteiger partial charge in [-0.15, -0.1) is 0 Å². The molecule has 21 heavy (non-hydrogen) atoms. The van der Waals surface area contributed by atoms with E-state index in [0.29, 0.717) is 5.56 Å². The monoisotopic (exact) mass is 347 g/mol. The first kappa shape index (κ1) is 15.7. The predicted octanol–water partition coefficient (Wildman–Crippen LogP) is 4.09. The van der Waals surface area contributed by atoms with Crippen LogP contribution in [0.4, 0.5) is 0 Å². The number of hydrogen-bond acceptors (Lipinski definition) is 2. The number of carboxylic acids is 1. The van der Waals surface area contributed by atoms with Crippen molar-refractivity contribution < 1.29 is 9.90 Å². The highest BCUT2D eigenvalue weighted by atomic mass is 79.9. The molecule has 2 rings (SSSR count). The van der Waals surface area contributed by atoms with Crippen LogP contribution in [0.1, 0.15) is 27.0 Å². The van der Waals surface area contributed by atoms with Crippen molar-refractivity contribution in [2.75, 3.05) is 7.05 Å². The summed E-state index contributed by atoms with van der Waals surface area (Å²) >= 11 is 3.55. The lowest BCUT2D eigenvalue weighted by molar-refractivity contribution is 0.0697. The normalized spacial score (nSPS) is 10.9. The second-order valence-electron chi connectivity index (χ2n) is 5.26. The highest BCUT2D eigenvalue weighted by molar-refractivity contribution is 9.10. The van der Waals surface area contributed by atoms with Gasteiger partial charge in [0.1, 0.15) is 0 Å². The third-order valence-electron chi connectivity index (χ3n) is 3.34. The smallest absolute Gasteiger partial charge is 0.335 e. The summed E-state index contributed by atoms with van der Waals surface area (Å²) < 4.78 is 1.12. The standard InChI is InChI=1S/C17H18BrNO2/c1-12-3-4-14(9-16(12)18)11-19(2)10-13-5-7-15(8-6-13)17(20)21/h3-9H,10-11H2,1-2H3,(H,20,21). The van der Waals surface area contributed by atoms with Crippen molar-refractivity contribution in [1.29, 1.82) is 0 Å². The zero-order valence-corrected chi connectivity index (χ0v) is 13.7. The maximum absolute atomic E-state index is 10.8. The van der Waals surface area contributed by atoms with E-state index in [1.54, 1.807) is 12.1 Å². The van der Waals surface area contributed by atoms with E-state index in [-0.39, 0.29) is 0 Å². The van der Waals surface area contributed by atoms with E-state index in [2.05, 4.69) is 53.0 Å². The van der Waals surface area contributed by atoms with Gasteiger partial charge < -0.3 is 5.11 Å². The van der Waals surface area contributed by atoms with Crippen LogP contribution in [0.2, 0.25) is 0 Å². The molecule has 0 amide bonds. The van der Waals surface area contributed by atoms with E-state index < -0.39 is 5.97 Å². The summed E-state index contributed by atoms with van der Waals surface area (Å²) in [6, 6.07) is 13.4. The fraction of sp³-hybridized carbons (Fsp3) is 0.235. The van der Waals surface area contributed by atoms with E-state index >= 15 is 0 Å². The van der Waals surface area contributed by atoms with Crippen molar-refractivity contribution >= 4 is 21.9 Å². The van der Waals surface area contributed by atoms with Crippen LogP contribution in [-0.2, 0) is 13.1 Å². The molecular formula is C17H18BrNO2. The van der Waals surface area contributed by atoms with Gasteiger partial charge in [0.15, 0.2) is 0 Å². The Kier molecular flexibility index (Phi) is 5.15. The summed E-state index contributed by atoms with van der Waals surface area (Å²) in [5, 5.41) is 8.89. The molecule has 2 aromatic rings. The Balaban J connectivity index is 1.99. The lowest BCUT2D eigenvalue weighted by atomic mass is 10.1. The maximum Gasteiger partial charge on any atom is 0.335 e. The molecule has 0 aliphatic rings. The topological polar surface area (TPSA) is 40.5 Å². The van der Waals surface area contributed by atoms with Crippen LogP contribution in [0.25, 0.3) is 0 Å². The number of halogens is 1. The van der Waals surface area contributed by atoms with Gasteiger partial charge in [0.2, 0.25) is 0 Å². The summed E-state index contributed by atoms with van der Waals surface area (Å²) in [6.07, 6.45) is 0. The van der Waals surface area contributed by atoms with Gasteiger partial charge in [-0.2, -0.15) is 0 Å². The number of aromatic carboxylic acids is 1. The number of hydrogen-bond donors (Lipinski definition) is 1. The van der Waals surface area contributed by atoms with Gasteiger partial charge in [0.05, 0.1) is 5.56 Å². The fourth-order valence-electron chi connectivity index (χ4n) is 2.17. The first-order valence-corrected chi connectivity index (χ1v) is 7.51. The van der Waals surface area contributed by atoms with E-state index in [1.807, 2.05) is 12.1 Å². The number of rotatable bonds is 5. The van der Waals surface area contributed by atoms with E-state index in [0.717, 1.165) is 23.1 Å². The number of nitrogens with zero attached hydrogens (tertiary/aromatic N) is 1. The largest absolute Gasteiger partial charge is 0.478 e. The zero-order chi connectivity index (χ0) is 15.4. The van der Waals surface area contributed by atoms with Gasteiger partial charge in [-0.05, 0) is 48.9 Å². The zero-order valence-electron chi connectivity index (χ0n) is 12.1. The van der Waals surface area contributed by atoms with Crippen molar-refractivity contribution in [2.24, 2.45) is 0 Å². The number of carboxylic acid groups (broad SMARTS) is 1. The Hall–Kier alpha value is -1.65. The third-order valence-corrected chi connectivity index (χ3v) is 4.20. The van der Waals surface area contributed by atoms with Crippen molar-refractivity contribution in [2.45, 2.75) is 20.0 Å². The number of aryl methyl sites for hydroxylation is 1. The summed E-state index contributed by atoms with van der Waals surface area (Å²) in [5.74, 6) is -0.889. The molecule has 0 radical (unpaired) electrons. The van der Waals surface area contributed by atoms with Crippen LogP contribution in [0.15, 0.2) is 46.9 Å². The first-order valence-electron chi connectivity index (χ1n) is 6.71. The molecule has 0 aromatic heterocycles. The van der Waals surface area contributed by atoms with Crippen molar-refractivity contribution in [3.8, 4) is 0 Å². The molecule has 0 heterocycles. The Morgan fingerprint density at radius 1 is 1.10 bits per heavy atom. The molecule has 0 aliphatic carbocycles. The van der Waals surface area contributed by atoms with Gasteiger partial charge in [-0.25, -0.2) is 4.79 Å². The lowest BCUT2D eigenvalue weighted by Crippen LogP contribution is -2.17. The van der Waals surface area contributed by atoms with Crippen LogP contribution in [0.3, 0.4) is 0 Å². The Morgan fingerprint density at radius 3 is 2.24 bits per heavy atom. The Bertz CT molecular complexity index is 638. The minimum atomic E-state index is -0.889. The van der Waals surface area contributed by atoms with Gasteiger partial charge in [-0.1, -0.05) is 40.2 Å². The highest BCUT2D eigenvalue weighted by Gasteiger charge is 2.05. The molecule has 0 saturated heterocycles. The molecule has 0 aliphatic heterocycles. The Morgan fingerprint density at radius 2 is 1.67 bits per heavy atom. The SMILES string of the molecule is Cc1ccc(CN(C)Cc2ccc(C(=O)O)cc2)cc1Br. The first-order chi connectivity index (χ1) is 9.95. The van der Waals surface area contributed by atoms with Crippen LogP contribution < -0.4 is 0 Å².